The highest BCUT2D eigenvalue weighted by Gasteiger charge is 2.70. The van der Waals surface area contributed by atoms with Gasteiger partial charge < -0.3 is 79.9 Å². The van der Waals surface area contributed by atoms with Gasteiger partial charge in [-0.15, -0.1) is 0 Å². The highest BCUT2D eigenvalue weighted by atomic mass is 127. The Hall–Kier alpha value is -2.42. The number of rotatable bonds is 16. The Morgan fingerprint density at radius 2 is 1.44 bits per heavy atom. The Labute approximate surface area is 491 Å². The number of carbonyl (C=O) groups is 3. The zero-order valence-electron chi connectivity index (χ0n) is 48.6. The molecule has 0 bridgehead atoms. The van der Waals surface area contributed by atoms with E-state index in [9.17, 15) is 50.4 Å². The Kier molecular flexibility index (Phi) is 19.0. The summed E-state index contributed by atoms with van der Waals surface area (Å²) in [6.45, 7) is 16.5. The van der Waals surface area contributed by atoms with Gasteiger partial charge in [0.1, 0.15) is 36.6 Å². The maximum atomic E-state index is 15.7. The van der Waals surface area contributed by atoms with Crippen LogP contribution in [0.4, 0.5) is 0 Å². The Morgan fingerprint density at radius 3 is 2.15 bits per heavy atom. The van der Waals surface area contributed by atoms with E-state index in [1.807, 2.05) is 12.1 Å². The van der Waals surface area contributed by atoms with Crippen LogP contribution >= 0.6 is 22.6 Å². The summed E-state index contributed by atoms with van der Waals surface area (Å²) in [5.74, 6) is -1.91. The lowest BCUT2D eigenvalue weighted by atomic mass is 9.33. The van der Waals surface area contributed by atoms with Gasteiger partial charge in [0.15, 0.2) is 18.7 Å². The van der Waals surface area contributed by atoms with Gasteiger partial charge in [-0.3, -0.25) is 14.4 Å². The van der Waals surface area contributed by atoms with E-state index in [-0.39, 0.29) is 58.0 Å². The summed E-state index contributed by atoms with van der Waals surface area (Å²) >= 11 is 2.17. The SMILES string of the molecule is CC1O[C@@H](OC2C(O)[C@@H](NC(=O)CCCCCNC(=O)c3ccc(I)cc3)C(CO)O[C@H]2OC(=O)[C@]23CCC(C)(C)CC2C2=CCC4C5(C)CC[C@H](O)C(C)(C)C5CCC4(C)C2(C)CC3)C(CO)C(O)[C@H]1O[C@@H]1OC[C@@H](O)C(O)C1O. The van der Waals surface area contributed by atoms with Crippen LogP contribution in [0.15, 0.2) is 35.9 Å². The first-order valence-corrected chi connectivity index (χ1v) is 31.0. The van der Waals surface area contributed by atoms with Crippen molar-refractivity contribution in [3.63, 3.8) is 0 Å². The Bertz CT molecular complexity index is 2430. The van der Waals surface area contributed by atoms with Crippen molar-refractivity contribution in [3.8, 4) is 0 Å². The quantitative estimate of drug-likeness (QED) is 0.0461. The predicted octanol–water partition coefficient (Wildman–Crippen LogP) is 4.77. The van der Waals surface area contributed by atoms with Gasteiger partial charge in [-0.05, 0) is 176 Å². The van der Waals surface area contributed by atoms with Crippen LogP contribution in [0, 0.1) is 59.7 Å². The van der Waals surface area contributed by atoms with E-state index in [1.54, 1.807) is 19.1 Å². The zero-order chi connectivity index (χ0) is 58.8. The van der Waals surface area contributed by atoms with Crippen LogP contribution in [-0.2, 0) is 38.0 Å². The van der Waals surface area contributed by atoms with Gasteiger partial charge in [0, 0.05) is 22.1 Å². The number of fused-ring (bicyclic) bond motifs is 7. The molecule has 1 aromatic carbocycles. The van der Waals surface area contributed by atoms with Gasteiger partial charge in [-0.25, -0.2) is 0 Å². The standard InChI is InChI=1S/C61H93IN2O17/c1-32-49(79-53-48(73)46(71)38(67)31-76-53)45(70)35(29-65)52(77-32)80-50-47(72)44(64-43(69)12-10-9-11-27-63-51(74)33-13-15-34(62)16-14-33)39(30-66)78-54(50)81-55(75)61-25-23-56(2,3)28-37(61)36-17-18-41-58(6)21-20-42(68)57(4,5)40(58)19-22-60(41,8)59(36,7)24-26-61/h13-17,32,35,37-42,44-50,52-54,65-68,70-73H,9-12,18-31H2,1-8H3,(H,63,74)(H,64,69)/t32?,35?,37?,38-,39?,40?,41?,42+,44+,45?,46?,47?,48?,49+,50?,52+,53+,54+,58?,59?,60?,61+/m1/s1. The number of esters is 1. The molecule has 3 heterocycles. The lowest BCUT2D eigenvalue weighted by Gasteiger charge is -2.71. The molecule has 3 aliphatic heterocycles. The molecular formula is C61H93IN2O17. The van der Waals surface area contributed by atoms with Crippen molar-refractivity contribution in [1.29, 1.82) is 0 Å². The summed E-state index contributed by atoms with van der Waals surface area (Å²) in [4.78, 5) is 42.1. The lowest BCUT2D eigenvalue weighted by molar-refractivity contribution is -0.365. The number of nitrogens with one attached hydrogen (secondary N) is 2. The first kappa shape index (κ1) is 63.1. The maximum Gasteiger partial charge on any atom is 0.315 e. The fourth-order valence-electron chi connectivity index (χ4n) is 16.9. The molecule has 0 radical (unpaired) electrons. The molecule has 9 rings (SSSR count). The molecular weight excluding hydrogens is 1160 g/mol. The van der Waals surface area contributed by atoms with Crippen LogP contribution < -0.4 is 10.6 Å². The van der Waals surface area contributed by atoms with Crippen molar-refractivity contribution in [2.75, 3.05) is 26.4 Å². The van der Waals surface area contributed by atoms with Crippen molar-refractivity contribution in [2.45, 2.75) is 231 Å². The summed E-state index contributed by atoms with van der Waals surface area (Å²) in [6.07, 6.45) is -6.13. The van der Waals surface area contributed by atoms with Crippen molar-refractivity contribution in [3.05, 3.63) is 45.0 Å². The number of aliphatic hydroxyl groups is 8. The van der Waals surface area contributed by atoms with Crippen molar-refractivity contribution >= 4 is 40.4 Å². The van der Waals surface area contributed by atoms with Gasteiger partial charge in [-0.1, -0.05) is 66.5 Å². The van der Waals surface area contributed by atoms with Crippen LogP contribution in [0.3, 0.4) is 0 Å². The molecule has 14 unspecified atom stereocenters. The molecule has 3 saturated heterocycles. The molecule has 0 aromatic heterocycles. The number of halogens is 1. The number of aliphatic hydroxyl groups excluding tert-OH is 8. The van der Waals surface area contributed by atoms with E-state index in [1.165, 1.54) is 5.57 Å². The molecule has 5 aliphatic carbocycles. The zero-order valence-corrected chi connectivity index (χ0v) is 50.8. The van der Waals surface area contributed by atoms with Crippen LogP contribution in [0.1, 0.15) is 156 Å². The highest BCUT2D eigenvalue weighted by Crippen LogP contribution is 2.76. The molecule has 10 N–H and O–H groups in total. The van der Waals surface area contributed by atoms with Crippen LogP contribution in [0.25, 0.3) is 0 Å². The van der Waals surface area contributed by atoms with E-state index < -0.39 is 116 Å². The second-order valence-corrected chi connectivity index (χ2v) is 28.8. The van der Waals surface area contributed by atoms with E-state index in [4.69, 9.17) is 28.4 Å². The molecule has 81 heavy (non-hydrogen) atoms. The summed E-state index contributed by atoms with van der Waals surface area (Å²) in [6, 6.07) is 5.92. The number of hydrogen-bond acceptors (Lipinski definition) is 17. The molecule has 20 heteroatoms. The number of benzene rings is 1. The van der Waals surface area contributed by atoms with Crippen molar-refractivity contribution in [1.82, 2.24) is 10.6 Å². The first-order valence-electron chi connectivity index (χ1n) is 29.9. The smallest absolute Gasteiger partial charge is 0.315 e. The number of carbonyl (C=O) groups excluding carboxylic acids is 3. The molecule has 0 spiro atoms. The average molecular weight is 1250 g/mol. The predicted molar refractivity (Wildman–Crippen MR) is 303 cm³/mol. The molecule has 19 nitrogen and oxygen atoms in total. The minimum Gasteiger partial charge on any atom is -0.432 e. The van der Waals surface area contributed by atoms with Gasteiger partial charge in [-0.2, -0.15) is 0 Å². The van der Waals surface area contributed by atoms with Crippen LogP contribution in [0.2, 0.25) is 0 Å². The second-order valence-electron chi connectivity index (χ2n) is 27.5. The average Bonchev–Trinajstić information content (AvgIpc) is 1.72. The van der Waals surface area contributed by atoms with Crippen LogP contribution in [0.5, 0.6) is 0 Å². The van der Waals surface area contributed by atoms with E-state index in [0.717, 1.165) is 54.9 Å². The third-order valence-electron chi connectivity index (χ3n) is 22.1. The lowest BCUT2D eigenvalue weighted by Crippen LogP contribution is -2.68. The Balaban J connectivity index is 0.956. The normalized spacial score (nSPS) is 44.5. The Morgan fingerprint density at radius 1 is 0.741 bits per heavy atom. The third-order valence-corrected chi connectivity index (χ3v) is 22.8. The van der Waals surface area contributed by atoms with Gasteiger partial charge >= 0.3 is 5.97 Å². The summed E-state index contributed by atoms with van der Waals surface area (Å²) < 4.78 is 38.4. The number of allylic oxidation sites excluding steroid dienone is 2. The van der Waals surface area contributed by atoms with Gasteiger partial charge in [0.2, 0.25) is 12.2 Å². The maximum absolute atomic E-state index is 15.7. The molecule has 4 saturated carbocycles. The number of ether oxygens (including phenoxy) is 6. The highest BCUT2D eigenvalue weighted by molar-refractivity contribution is 14.1. The molecule has 7 fully saturated rings. The van der Waals surface area contributed by atoms with Gasteiger partial charge in [0.25, 0.3) is 5.91 Å². The van der Waals surface area contributed by atoms with Crippen molar-refractivity contribution < 1.29 is 83.7 Å². The number of hydrogen-bond donors (Lipinski definition) is 10. The largest absolute Gasteiger partial charge is 0.432 e. The van der Waals surface area contributed by atoms with E-state index in [0.29, 0.717) is 56.0 Å². The minimum atomic E-state index is -1.72. The first-order chi connectivity index (χ1) is 38.2. The molecule has 8 aliphatic rings. The fraction of sp³-hybridized carbons (Fsp3) is 0.820. The summed E-state index contributed by atoms with van der Waals surface area (Å²) in [5, 5.41) is 94.3. The van der Waals surface area contributed by atoms with Crippen LogP contribution in [-0.4, -0.2) is 171 Å². The summed E-state index contributed by atoms with van der Waals surface area (Å²) in [7, 11) is 0. The minimum absolute atomic E-state index is 0.0242. The number of amides is 2. The molecule has 1 aromatic rings. The number of unbranched alkanes of at least 4 members (excludes halogenated alkanes) is 2. The molecule has 22 atom stereocenters. The van der Waals surface area contributed by atoms with E-state index in [2.05, 4.69) is 87.8 Å². The van der Waals surface area contributed by atoms with Crippen molar-refractivity contribution in [2.24, 2.45) is 56.2 Å². The summed E-state index contributed by atoms with van der Waals surface area (Å²) in [5.41, 5.74) is 0.246. The van der Waals surface area contributed by atoms with E-state index >= 15 is 4.79 Å². The topological polar surface area (TPSA) is 292 Å². The fourth-order valence-corrected chi connectivity index (χ4v) is 17.2. The monoisotopic (exact) mass is 1250 g/mol. The third kappa shape index (κ3) is 11.7. The second kappa shape index (κ2) is 24.4. The molecule has 2 amide bonds. The van der Waals surface area contributed by atoms with Gasteiger partial charge in [0.05, 0.1) is 55.5 Å². The molecule has 456 valence electrons.